The maximum absolute atomic E-state index is 13.7. The van der Waals surface area contributed by atoms with Crippen LogP contribution in [0.2, 0.25) is 0 Å². The lowest BCUT2D eigenvalue weighted by molar-refractivity contribution is -0.0499. The normalized spacial score (nSPS) is 12.0. The number of fused-ring (bicyclic) bond motifs is 4. The van der Waals surface area contributed by atoms with E-state index < -0.39 is 21.4 Å². The first-order valence-electron chi connectivity index (χ1n) is 15.9. The van der Waals surface area contributed by atoms with Crippen molar-refractivity contribution in [2.45, 2.75) is 5.51 Å². The highest BCUT2D eigenvalue weighted by atomic mass is 32.2. The Morgan fingerprint density at radius 1 is 0.549 bits per heavy atom. The van der Waals surface area contributed by atoms with E-state index in [1.807, 2.05) is 157 Å². The summed E-state index contributed by atoms with van der Waals surface area (Å²) in [5.41, 5.74) is -1.18. The fourth-order valence-corrected chi connectivity index (χ4v) is 6.89. The predicted octanol–water partition coefficient (Wildman–Crippen LogP) is 11.9. The largest absolute Gasteiger partial charge is 0.534 e. The molecule has 0 N–H and O–H groups in total. The van der Waals surface area contributed by atoms with Gasteiger partial charge in [0.15, 0.2) is 11.3 Å². The molecule has 252 valence electrons. The fourth-order valence-electron chi connectivity index (χ4n) is 6.42. The molecule has 0 saturated carbocycles. The molecule has 1 aromatic heterocycles. The first kappa shape index (κ1) is 32.0. The first-order valence-corrected chi connectivity index (χ1v) is 17.3. The van der Waals surface area contributed by atoms with E-state index in [1.165, 1.54) is 6.07 Å². The van der Waals surface area contributed by atoms with Crippen LogP contribution in [0.1, 0.15) is 0 Å². The molecule has 7 aromatic carbocycles. The van der Waals surface area contributed by atoms with Gasteiger partial charge in [-0.1, -0.05) is 97.1 Å². The minimum absolute atomic E-state index is 0.162. The van der Waals surface area contributed by atoms with Crippen LogP contribution in [0.4, 0.5) is 47.3 Å². The molecule has 0 fully saturated rings. The molecule has 1 heterocycles. The maximum atomic E-state index is 13.7. The fraction of sp³-hybridized carbons (Fsp3) is 0.0244. The van der Waals surface area contributed by atoms with Crippen molar-refractivity contribution in [1.82, 2.24) is 0 Å². The van der Waals surface area contributed by atoms with Crippen LogP contribution >= 0.6 is 0 Å². The van der Waals surface area contributed by atoms with Gasteiger partial charge in [0.2, 0.25) is 0 Å². The highest BCUT2D eigenvalue weighted by Crippen LogP contribution is 2.52. The minimum Gasteiger partial charge on any atom is -0.452 e. The number of hydrogen-bond donors (Lipinski definition) is 0. The van der Waals surface area contributed by atoms with E-state index in [0.29, 0.717) is 27.7 Å². The Morgan fingerprint density at radius 3 is 1.53 bits per heavy atom. The zero-order valence-corrected chi connectivity index (χ0v) is 27.5. The second-order valence-corrected chi connectivity index (χ2v) is 13.2. The summed E-state index contributed by atoms with van der Waals surface area (Å²) in [6, 6.07) is 50.6. The Balaban J connectivity index is 1.57. The van der Waals surface area contributed by atoms with Crippen LogP contribution in [0, 0.1) is 0 Å². The summed E-state index contributed by atoms with van der Waals surface area (Å²) in [5, 5.41) is 2.51. The quantitative estimate of drug-likeness (QED) is 0.116. The second-order valence-electron chi connectivity index (χ2n) is 11.7. The topological polar surface area (TPSA) is 63.0 Å². The van der Waals surface area contributed by atoms with Crippen molar-refractivity contribution in [2.75, 3.05) is 9.80 Å². The van der Waals surface area contributed by atoms with Crippen molar-refractivity contribution in [3.05, 3.63) is 164 Å². The van der Waals surface area contributed by atoms with E-state index in [-0.39, 0.29) is 5.58 Å². The van der Waals surface area contributed by atoms with Crippen molar-refractivity contribution < 1.29 is 30.2 Å². The molecular formula is C41H27F3N2O4S. The number of furan rings is 1. The van der Waals surface area contributed by atoms with Gasteiger partial charge in [0.25, 0.3) is 0 Å². The van der Waals surface area contributed by atoms with Crippen LogP contribution in [0.3, 0.4) is 0 Å². The van der Waals surface area contributed by atoms with Gasteiger partial charge in [0.1, 0.15) is 5.58 Å². The van der Waals surface area contributed by atoms with E-state index in [2.05, 4.69) is 4.90 Å². The molecule has 0 radical (unpaired) electrons. The van der Waals surface area contributed by atoms with Gasteiger partial charge in [-0.3, -0.25) is 0 Å². The Labute approximate surface area is 291 Å². The molecule has 0 aliphatic rings. The van der Waals surface area contributed by atoms with Crippen LogP contribution in [0.15, 0.2) is 168 Å². The van der Waals surface area contributed by atoms with Crippen molar-refractivity contribution in [3.63, 3.8) is 0 Å². The van der Waals surface area contributed by atoms with E-state index >= 15 is 0 Å². The van der Waals surface area contributed by atoms with Gasteiger partial charge < -0.3 is 18.4 Å². The van der Waals surface area contributed by atoms with Gasteiger partial charge in [-0.05, 0) is 72.1 Å². The predicted molar refractivity (Wildman–Crippen MR) is 196 cm³/mol. The van der Waals surface area contributed by atoms with Crippen molar-refractivity contribution in [1.29, 1.82) is 0 Å². The smallest absolute Gasteiger partial charge is 0.452 e. The second kappa shape index (κ2) is 12.6. The van der Waals surface area contributed by atoms with Gasteiger partial charge in [-0.2, -0.15) is 21.6 Å². The van der Waals surface area contributed by atoms with Gasteiger partial charge in [-0.25, -0.2) is 0 Å². The molecule has 0 atom stereocenters. The number of alkyl halides is 3. The number of benzene rings is 7. The lowest BCUT2D eigenvalue weighted by Gasteiger charge is -2.29. The number of halogens is 3. The Kier molecular flexibility index (Phi) is 7.88. The summed E-state index contributed by atoms with van der Waals surface area (Å²) < 4.78 is 77.5. The van der Waals surface area contributed by atoms with Crippen molar-refractivity contribution in [3.8, 4) is 5.75 Å². The number of nitrogens with zero attached hydrogens (tertiary/aromatic N) is 2. The SMILES string of the molecule is O=S(=O)(Oc1ccc(N(c2ccccc2)c2ccccc2)c2c1oc1cc3ccccc3c(N(c3ccccc3)c3ccccc3)c12)C(F)(F)F. The molecule has 8 rings (SSSR count). The van der Waals surface area contributed by atoms with Gasteiger partial charge in [0, 0.05) is 28.1 Å². The molecular weight excluding hydrogens is 674 g/mol. The molecule has 0 unspecified atom stereocenters. The molecule has 0 bridgehead atoms. The Bertz CT molecular complexity index is 2540. The van der Waals surface area contributed by atoms with Gasteiger partial charge in [0.05, 0.1) is 22.1 Å². The third-order valence-electron chi connectivity index (χ3n) is 8.55. The maximum Gasteiger partial charge on any atom is 0.534 e. The number of rotatable bonds is 8. The molecule has 51 heavy (non-hydrogen) atoms. The van der Waals surface area contributed by atoms with E-state index in [4.69, 9.17) is 8.60 Å². The van der Waals surface area contributed by atoms with E-state index in [1.54, 1.807) is 6.07 Å². The Hall–Kier alpha value is -6.26. The molecule has 0 aliphatic heterocycles. The number of hydrogen-bond acceptors (Lipinski definition) is 6. The summed E-state index contributed by atoms with van der Waals surface area (Å²) in [6.45, 7) is 0. The summed E-state index contributed by atoms with van der Waals surface area (Å²) >= 11 is 0. The molecule has 6 nitrogen and oxygen atoms in total. The minimum atomic E-state index is -6.05. The van der Waals surface area contributed by atoms with Gasteiger partial charge in [-0.15, -0.1) is 0 Å². The summed E-state index contributed by atoms with van der Waals surface area (Å²) in [5.74, 6) is -0.593. The van der Waals surface area contributed by atoms with Crippen LogP contribution in [-0.4, -0.2) is 13.9 Å². The lowest BCUT2D eigenvalue weighted by atomic mass is 9.99. The zero-order valence-electron chi connectivity index (χ0n) is 26.7. The van der Waals surface area contributed by atoms with Crippen LogP contribution < -0.4 is 14.0 Å². The van der Waals surface area contributed by atoms with E-state index in [9.17, 15) is 21.6 Å². The number of para-hydroxylation sites is 4. The highest BCUT2D eigenvalue weighted by molar-refractivity contribution is 7.88. The number of anilines is 6. The van der Waals surface area contributed by atoms with Gasteiger partial charge >= 0.3 is 15.6 Å². The molecule has 8 aromatic rings. The molecule has 0 saturated heterocycles. The summed E-state index contributed by atoms with van der Waals surface area (Å²) in [6.07, 6.45) is 0. The zero-order chi connectivity index (χ0) is 35.2. The van der Waals surface area contributed by atoms with Crippen molar-refractivity contribution in [2.24, 2.45) is 0 Å². The third kappa shape index (κ3) is 5.69. The van der Waals surface area contributed by atoms with E-state index in [0.717, 1.165) is 33.5 Å². The monoisotopic (exact) mass is 700 g/mol. The average Bonchev–Trinajstić information content (AvgIpc) is 3.53. The van der Waals surface area contributed by atoms with Crippen LogP contribution in [0.5, 0.6) is 5.75 Å². The molecule has 0 spiro atoms. The summed E-state index contributed by atoms with van der Waals surface area (Å²) in [4.78, 5) is 4.02. The Morgan fingerprint density at radius 2 is 1.02 bits per heavy atom. The van der Waals surface area contributed by atoms with Crippen LogP contribution in [0.25, 0.3) is 32.7 Å². The summed E-state index contributed by atoms with van der Waals surface area (Å²) in [7, 11) is -6.05. The van der Waals surface area contributed by atoms with Crippen LogP contribution in [-0.2, 0) is 10.1 Å². The lowest BCUT2D eigenvalue weighted by Crippen LogP contribution is -2.28. The average molecular weight is 701 g/mol. The third-order valence-corrected chi connectivity index (χ3v) is 9.52. The highest BCUT2D eigenvalue weighted by Gasteiger charge is 2.49. The molecule has 10 heteroatoms. The molecule has 0 aliphatic carbocycles. The van der Waals surface area contributed by atoms with Crippen molar-refractivity contribution >= 4 is 77.0 Å². The standard InChI is InChI=1S/C41H27F3N2O4S/c42-41(43,44)51(47,48)50-35-26-25-34(45(29-16-5-1-6-17-29)30-18-7-2-8-19-30)37-38-36(49-40(35)37)27-28-15-13-14-24-33(28)39(38)46(31-20-9-3-10-21-31)32-22-11-4-12-23-32/h1-27H. The molecule has 0 amide bonds. The first-order chi connectivity index (χ1) is 24.7.